The fourth-order valence-corrected chi connectivity index (χ4v) is 4.03. The van der Waals surface area contributed by atoms with Gasteiger partial charge in [0, 0.05) is 25.9 Å². The summed E-state index contributed by atoms with van der Waals surface area (Å²) in [6.45, 7) is 10.2. The van der Waals surface area contributed by atoms with Gasteiger partial charge in [-0.05, 0) is 51.4 Å². The van der Waals surface area contributed by atoms with Gasteiger partial charge in [-0.15, -0.1) is 11.8 Å². The van der Waals surface area contributed by atoms with Crippen molar-refractivity contribution in [1.82, 2.24) is 10.6 Å². The zero-order valence-electron chi connectivity index (χ0n) is 22.1. The number of carbonyl (C=O) groups is 2. The summed E-state index contributed by atoms with van der Waals surface area (Å²) in [6.07, 6.45) is 3.34. The molecular formula is C26H44N2O8. The summed E-state index contributed by atoms with van der Waals surface area (Å²) < 4.78 is 32.2. The fraction of sp³-hybridized carbons (Fsp3) is 0.846. The lowest BCUT2D eigenvalue weighted by atomic mass is 10.1. The van der Waals surface area contributed by atoms with E-state index in [1.54, 1.807) is 0 Å². The molecule has 0 spiro atoms. The Labute approximate surface area is 215 Å². The van der Waals surface area contributed by atoms with Gasteiger partial charge in [-0.2, -0.15) is 0 Å². The molecule has 206 valence electrons. The first-order valence-electron chi connectivity index (χ1n) is 13.0. The second-order valence-corrected chi connectivity index (χ2v) is 9.83. The van der Waals surface area contributed by atoms with Crippen molar-refractivity contribution < 1.29 is 38.0 Å². The minimum Gasteiger partial charge on any atom is -0.449 e. The van der Waals surface area contributed by atoms with Crippen molar-refractivity contribution >= 4 is 12.2 Å². The Morgan fingerprint density at radius 2 is 1.17 bits per heavy atom. The fourth-order valence-electron chi connectivity index (χ4n) is 4.03. The monoisotopic (exact) mass is 512 g/mol. The van der Waals surface area contributed by atoms with Crippen molar-refractivity contribution in [2.24, 2.45) is 17.8 Å². The Hall–Kier alpha value is -2.06. The molecule has 2 unspecified atom stereocenters. The summed E-state index contributed by atoms with van der Waals surface area (Å²) in [5.41, 5.74) is -0.510. The number of fused-ring (bicyclic) bond motifs is 1. The van der Waals surface area contributed by atoms with E-state index in [0.717, 1.165) is 25.7 Å². The third-order valence-electron chi connectivity index (χ3n) is 5.79. The van der Waals surface area contributed by atoms with E-state index < -0.39 is 11.7 Å². The smallest absolute Gasteiger partial charge is 0.407 e. The molecular weight excluding hydrogens is 468 g/mol. The Balaban J connectivity index is 1.26. The van der Waals surface area contributed by atoms with Crippen molar-refractivity contribution in [3.8, 4) is 11.8 Å². The van der Waals surface area contributed by atoms with Crippen LogP contribution in [0.1, 0.15) is 46.5 Å². The Kier molecular flexibility index (Phi) is 14.6. The van der Waals surface area contributed by atoms with E-state index in [0.29, 0.717) is 90.3 Å². The largest absolute Gasteiger partial charge is 0.449 e. The number of carbonyl (C=O) groups excluding carboxylic acids is 2. The van der Waals surface area contributed by atoms with E-state index in [1.165, 1.54) is 0 Å². The summed E-state index contributed by atoms with van der Waals surface area (Å²) in [4.78, 5) is 23.3. The lowest BCUT2D eigenvalue weighted by Crippen LogP contribution is -2.34. The van der Waals surface area contributed by atoms with Crippen LogP contribution >= 0.6 is 0 Å². The SMILES string of the molecule is CC(C)(C)OC(=O)NCCOCCOCCOCCOCCNC(=O)OCC1C2CCC#CCCC21. The lowest BCUT2D eigenvalue weighted by molar-refractivity contribution is -0.00149. The van der Waals surface area contributed by atoms with Gasteiger partial charge in [-0.3, -0.25) is 0 Å². The highest BCUT2D eigenvalue weighted by Gasteiger charge is 2.49. The Bertz CT molecular complexity index is 682. The molecule has 2 aliphatic rings. The van der Waals surface area contributed by atoms with E-state index in [-0.39, 0.29) is 6.09 Å². The molecule has 0 saturated heterocycles. The molecule has 2 N–H and O–H groups in total. The number of hydrogen-bond acceptors (Lipinski definition) is 8. The van der Waals surface area contributed by atoms with Crippen LogP contribution < -0.4 is 10.6 Å². The standard InChI is InChI=1S/C26H44N2O8/c1-26(2,3)36-25(30)28-11-13-32-15-17-34-19-18-33-16-14-31-12-10-27-24(29)35-20-23-21-8-6-4-5-7-9-22(21)23/h21-23H,6-20H2,1-3H3,(H,27,29)(H,28,30). The van der Waals surface area contributed by atoms with Gasteiger partial charge in [0.05, 0.1) is 59.5 Å². The molecule has 0 aromatic carbocycles. The molecule has 0 heterocycles. The van der Waals surface area contributed by atoms with Gasteiger partial charge in [-0.1, -0.05) is 0 Å². The summed E-state index contributed by atoms with van der Waals surface area (Å²) in [5.74, 6) is 8.23. The molecule has 0 bridgehead atoms. The Morgan fingerprint density at radius 3 is 1.64 bits per heavy atom. The minimum absolute atomic E-state index is 0.381. The number of amides is 2. The summed E-state index contributed by atoms with van der Waals surface area (Å²) >= 11 is 0. The molecule has 0 radical (unpaired) electrons. The van der Waals surface area contributed by atoms with Crippen molar-refractivity contribution in [3.05, 3.63) is 0 Å². The first-order valence-corrected chi connectivity index (χ1v) is 13.0. The average Bonchev–Trinajstić information content (AvgIpc) is 3.45. The first kappa shape index (κ1) is 30.2. The minimum atomic E-state index is -0.510. The summed E-state index contributed by atoms with van der Waals surface area (Å²) in [5, 5.41) is 5.34. The number of hydrogen-bond donors (Lipinski definition) is 2. The van der Waals surface area contributed by atoms with E-state index in [1.807, 2.05) is 20.8 Å². The molecule has 36 heavy (non-hydrogen) atoms. The zero-order chi connectivity index (χ0) is 26.1. The normalized spacial score (nSPS) is 20.7. The molecule has 2 aliphatic carbocycles. The van der Waals surface area contributed by atoms with E-state index in [4.69, 9.17) is 28.4 Å². The van der Waals surface area contributed by atoms with Crippen molar-refractivity contribution in [2.45, 2.75) is 52.1 Å². The molecule has 10 nitrogen and oxygen atoms in total. The predicted molar refractivity (Wildman–Crippen MR) is 134 cm³/mol. The van der Waals surface area contributed by atoms with Crippen LogP contribution in [0.15, 0.2) is 0 Å². The summed E-state index contributed by atoms with van der Waals surface area (Å²) in [6, 6.07) is 0. The van der Waals surface area contributed by atoms with E-state index in [2.05, 4.69) is 22.5 Å². The molecule has 1 saturated carbocycles. The quantitative estimate of drug-likeness (QED) is 0.226. The lowest BCUT2D eigenvalue weighted by Gasteiger charge is -2.19. The third kappa shape index (κ3) is 14.5. The molecule has 2 atom stereocenters. The average molecular weight is 513 g/mol. The molecule has 2 amide bonds. The number of ether oxygens (including phenoxy) is 6. The van der Waals surface area contributed by atoms with Crippen molar-refractivity contribution in [3.63, 3.8) is 0 Å². The highest BCUT2D eigenvalue weighted by molar-refractivity contribution is 5.67. The first-order chi connectivity index (χ1) is 17.4. The van der Waals surface area contributed by atoms with Gasteiger partial charge in [0.25, 0.3) is 0 Å². The molecule has 0 aromatic rings. The van der Waals surface area contributed by atoms with Gasteiger partial charge in [0.15, 0.2) is 0 Å². The van der Waals surface area contributed by atoms with Crippen LogP contribution in [-0.2, 0) is 28.4 Å². The van der Waals surface area contributed by atoms with Crippen molar-refractivity contribution in [1.29, 1.82) is 0 Å². The molecule has 2 rings (SSSR count). The maximum atomic E-state index is 11.8. The highest BCUT2D eigenvalue weighted by atomic mass is 16.6. The van der Waals surface area contributed by atoms with Crippen LogP contribution in [0.4, 0.5) is 9.59 Å². The van der Waals surface area contributed by atoms with E-state index in [9.17, 15) is 9.59 Å². The maximum absolute atomic E-state index is 11.8. The molecule has 0 aliphatic heterocycles. The molecule has 0 aromatic heterocycles. The predicted octanol–water partition coefficient (Wildman–Crippen LogP) is 2.74. The maximum Gasteiger partial charge on any atom is 0.407 e. The highest BCUT2D eigenvalue weighted by Crippen LogP contribution is 2.52. The number of nitrogens with one attached hydrogen (secondary N) is 2. The second-order valence-electron chi connectivity index (χ2n) is 9.83. The zero-order valence-corrected chi connectivity index (χ0v) is 22.1. The Morgan fingerprint density at radius 1 is 0.722 bits per heavy atom. The van der Waals surface area contributed by atoms with Gasteiger partial charge < -0.3 is 39.1 Å². The van der Waals surface area contributed by atoms with E-state index >= 15 is 0 Å². The number of rotatable bonds is 17. The van der Waals surface area contributed by atoms with Gasteiger partial charge >= 0.3 is 12.2 Å². The van der Waals surface area contributed by atoms with Gasteiger partial charge in [-0.25, -0.2) is 9.59 Å². The molecule has 1 fully saturated rings. The van der Waals surface area contributed by atoms with Gasteiger partial charge in [0.2, 0.25) is 0 Å². The number of alkyl carbamates (subject to hydrolysis) is 2. The van der Waals surface area contributed by atoms with Crippen molar-refractivity contribution in [2.75, 3.05) is 72.6 Å². The third-order valence-corrected chi connectivity index (χ3v) is 5.79. The van der Waals surface area contributed by atoms with Crippen LogP contribution in [-0.4, -0.2) is 90.3 Å². The van der Waals surface area contributed by atoms with Crippen LogP contribution in [0.2, 0.25) is 0 Å². The topological polar surface area (TPSA) is 114 Å². The van der Waals surface area contributed by atoms with Gasteiger partial charge in [0.1, 0.15) is 5.60 Å². The molecule has 10 heteroatoms. The van der Waals surface area contributed by atoms with Crippen LogP contribution in [0.25, 0.3) is 0 Å². The summed E-state index contributed by atoms with van der Waals surface area (Å²) in [7, 11) is 0. The van der Waals surface area contributed by atoms with Crippen LogP contribution in [0.5, 0.6) is 0 Å². The van der Waals surface area contributed by atoms with Crippen LogP contribution in [0, 0.1) is 29.6 Å². The van der Waals surface area contributed by atoms with Crippen LogP contribution in [0.3, 0.4) is 0 Å². The second kappa shape index (κ2) is 17.4.